The minimum absolute atomic E-state index is 0.0245. The van der Waals surface area contributed by atoms with Crippen molar-refractivity contribution in [2.24, 2.45) is 0 Å². The second-order valence-corrected chi connectivity index (χ2v) is 5.47. The van der Waals surface area contributed by atoms with Gasteiger partial charge in [-0.2, -0.15) is 0 Å². The third kappa shape index (κ3) is 3.59. The predicted molar refractivity (Wildman–Crippen MR) is 75.1 cm³/mol. The molecule has 0 amide bonds. The van der Waals surface area contributed by atoms with Gasteiger partial charge in [-0.05, 0) is 42.3 Å². The van der Waals surface area contributed by atoms with E-state index in [4.69, 9.17) is 34.8 Å². The first kappa shape index (κ1) is 14.6. The molecule has 0 N–H and O–H groups in total. The highest BCUT2D eigenvalue weighted by molar-refractivity contribution is 6.35. The van der Waals surface area contributed by atoms with Crippen LogP contribution in [0.4, 0.5) is 8.78 Å². The lowest BCUT2D eigenvalue weighted by atomic mass is 10.0. The molecule has 0 saturated heterocycles. The van der Waals surface area contributed by atoms with Crippen molar-refractivity contribution in [3.05, 3.63) is 69.2 Å². The van der Waals surface area contributed by atoms with Crippen LogP contribution in [-0.4, -0.2) is 0 Å². The molecule has 0 fully saturated rings. The molecule has 2 aromatic carbocycles. The van der Waals surface area contributed by atoms with Gasteiger partial charge in [-0.15, -0.1) is 11.6 Å². The molecule has 0 heterocycles. The SMILES string of the molecule is Fc1cccc(F)c1CC(Cl)c1cc(Cl)cc(Cl)c1. The van der Waals surface area contributed by atoms with Crippen molar-refractivity contribution in [1.82, 2.24) is 0 Å². The Kier molecular flexibility index (Phi) is 4.67. The Bertz CT molecular complexity index is 559. The van der Waals surface area contributed by atoms with Gasteiger partial charge < -0.3 is 0 Å². The molecule has 0 aliphatic rings. The van der Waals surface area contributed by atoms with Crippen LogP contribution in [0.2, 0.25) is 10.0 Å². The Morgan fingerprint density at radius 1 is 0.947 bits per heavy atom. The van der Waals surface area contributed by atoms with E-state index in [0.717, 1.165) is 0 Å². The molecule has 2 rings (SSSR count). The second-order valence-electron chi connectivity index (χ2n) is 4.07. The molecule has 0 saturated carbocycles. The molecule has 1 unspecified atom stereocenters. The topological polar surface area (TPSA) is 0 Å². The minimum atomic E-state index is -0.612. The van der Waals surface area contributed by atoms with Gasteiger partial charge in [-0.25, -0.2) is 8.78 Å². The lowest BCUT2D eigenvalue weighted by molar-refractivity contribution is 0.553. The first-order chi connectivity index (χ1) is 8.97. The van der Waals surface area contributed by atoms with Gasteiger partial charge in [0.2, 0.25) is 0 Å². The van der Waals surface area contributed by atoms with Crippen LogP contribution in [0.15, 0.2) is 36.4 Å². The molecular formula is C14H9Cl3F2. The minimum Gasteiger partial charge on any atom is -0.207 e. The number of alkyl halides is 1. The van der Waals surface area contributed by atoms with Crippen LogP contribution < -0.4 is 0 Å². The Morgan fingerprint density at radius 2 is 1.47 bits per heavy atom. The van der Waals surface area contributed by atoms with Crippen molar-refractivity contribution >= 4 is 34.8 Å². The van der Waals surface area contributed by atoms with E-state index in [1.165, 1.54) is 18.2 Å². The van der Waals surface area contributed by atoms with E-state index in [9.17, 15) is 8.78 Å². The summed E-state index contributed by atoms with van der Waals surface area (Å²) in [6.45, 7) is 0. The summed E-state index contributed by atoms with van der Waals surface area (Å²) in [5.41, 5.74) is 0.584. The van der Waals surface area contributed by atoms with Gasteiger partial charge in [-0.1, -0.05) is 29.3 Å². The molecule has 19 heavy (non-hydrogen) atoms. The zero-order valence-corrected chi connectivity index (χ0v) is 11.9. The highest BCUT2D eigenvalue weighted by Gasteiger charge is 2.16. The summed E-state index contributed by atoms with van der Waals surface area (Å²) in [5.74, 6) is -1.22. The average molecular weight is 322 g/mol. The van der Waals surface area contributed by atoms with Gasteiger partial charge in [0.1, 0.15) is 11.6 Å². The van der Waals surface area contributed by atoms with Crippen LogP contribution in [0.5, 0.6) is 0 Å². The molecule has 0 aromatic heterocycles. The van der Waals surface area contributed by atoms with Gasteiger partial charge in [-0.3, -0.25) is 0 Å². The van der Waals surface area contributed by atoms with E-state index in [0.29, 0.717) is 15.6 Å². The van der Waals surface area contributed by atoms with Crippen molar-refractivity contribution in [3.8, 4) is 0 Å². The number of hydrogen-bond acceptors (Lipinski definition) is 0. The zero-order valence-electron chi connectivity index (χ0n) is 9.64. The van der Waals surface area contributed by atoms with Crippen LogP contribution >= 0.6 is 34.8 Å². The quantitative estimate of drug-likeness (QED) is 0.627. The normalized spacial score (nSPS) is 12.5. The van der Waals surface area contributed by atoms with E-state index >= 15 is 0 Å². The fraction of sp³-hybridized carbons (Fsp3) is 0.143. The summed E-state index contributed by atoms with van der Waals surface area (Å²) in [5, 5.41) is 0.256. The number of halogens is 5. The molecule has 0 aliphatic carbocycles. The van der Waals surface area contributed by atoms with E-state index in [1.807, 2.05) is 0 Å². The van der Waals surface area contributed by atoms with Gasteiger partial charge in [0, 0.05) is 15.6 Å². The van der Waals surface area contributed by atoms with Crippen molar-refractivity contribution in [1.29, 1.82) is 0 Å². The van der Waals surface area contributed by atoms with Crippen LogP contribution in [-0.2, 0) is 6.42 Å². The highest BCUT2D eigenvalue weighted by atomic mass is 35.5. The summed E-state index contributed by atoms with van der Waals surface area (Å²) < 4.78 is 27.1. The van der Waals surface area contributed by atoms with E-state index in [-0.39, 0.29) is 12.0 Å². The Morgan fingerprint density at radius 3 is 2.00 bits per heavy atom. The zero-order chi connectivity index (χ0) is 14.0. The molecule has 5 heteroatoms. The van der Waals surface area contributed by atoms with Crippen LogP contribution in [0.3, 0.4) is 0 Å². The summed E-state index contributed by atoms with van der Waals surface area (Å²) in [6, 6.07) is 8.54. The summed E-state index contributed by atoms with van der Waals surface area (Å²) in [6.07, 6.45) is 0.0245. The molecule has 100 valence electrons. The molecular weight excluding hydrogens is 313 g/mol. The predicted octanol–water partition coefficient (Wildman–Crippen LogP) is 5.79. The number of hydrogen-bond donors (Lipinski definition) is 0. The summed E-state index contributed by atoms with van der Waals surface area (Å²) >= 11 is 17.9. The maximum atomic E-state index is 13.5. The van der Waals surface area contributed by atoms with Gasteiger partial charge in [0.05, 0.1) is 5.38 Å². The van der Waals surface area contributed by atoms with Gasteiger partial charge in [0.25, 0.3) is 0 Å². The third-order valence-corrected chi connectivity index (χ3v) is 3.53. The summed E-state index contributed by atoms with van der Waals surface area (Å²) in [4.78, 5) is 0. The molecule has 2 aromatic rings. The largest absolute Gasteiger partial charge is 0.207 e. The van der Waals surface area contributed by atoms with E-state index in [2.05, 4.69) is 0 Å². The van der Waals surface area contributed by atoms with Crippen molar-refractivity contribution < 1.29 is 8.78 Å². The molecule has 0 nitrogen and oxygen atoms in total. The first-order valence-corrected chi connectivity index (χ1v) is 6.69. The smallest absolute Gasteiger partial charge is 0.129 e. The van der Waals surface area contributed by atoms with Gasteiger partial charge >= 0.3 is 0 Å². The molecule has 0 aliphatic heterocycles. The maximum absolute atomic E-state index is 13.5. The van der Waals surface area contributed by atoms with Crippen LogP contribution in [0.1, 0.15) is 16.5 Å². The Hall–Kier alpha value is -0.830. The monoisotopic (exact) mass is 320 g/mol. The lowest BCUT2D eigenvalue weighted by Gasteiger charge is -2.12. The second kappa shape index (κ2) is 6.08. The molecule has 0 radical (unpaired) electrons. The maximum Gasteiger partial charge on any atom is 0.129 e. The summed E-state index contributed by atoms with van der Waals surface area (Å²) in [7, 11) is 0. The van der Waals surface area contributed by atoms with Crippen molar-refractivity contribution in [2.75, 3.05) is 0 Å². The molecule has 1 atom stereocenters. The van der Waals surface area contributed by atoms with Crippen LogP contribution in [0, 0.1) is 11.6 Å². The number of rotatable bonds is 3. The van der Waals surface area contributed by atoms with Crippen molar-refractivity contribution in [3.63, 3.8) is 0 Å². The average Bonchev–Trinajstić information content (AvgIpc) is 2.32. The van der Waals surface area contributed by atoms with Gasteiger partial charge in [0.15, 0.2) is 0 Å². The Balaban J connectivity index is 2.28. The van der Waals surface area contributed by atoms with E-state index < -0.39 is 17.0 Å². The van der Waals surface area contributed by atoms with E-state index in [1.54, 1.807) is 18.2 Å². The van der Waals surface area contributed by atoms with Crippen LogP contribution in [0.25, 0.3) is 0 Å². The fourth-order valence-corrected chi connectivity index (χ4v) is 2.60. The third-order valence-electron chi connectivity index (χ3n) is 2.69. The van der Waals surface area contributed by atoms with Crippen molar-refractivity contribution in [2.45, 2.75) is 11.8 Å². The molecule has 0 bridgehead atoms. The molecule has 0 spiro atoms. The standard InChI is InChI=1S/C14H9Cl3F2/c15-9-4-8(5-10(16)6-9)12(17)7-11-13(18)2-1-3-14(11)19/h1-6,12H,7H2. The number of benzene rings is 2. The highest BCUT2D eigenvalue weighted by Crippen LogP contribution is 2.31. The first-order valence-electron chi connectivity index (χ1n) is 5.50. The lowest BCUT2D eigenvalue weighted by Crippen LogP contribution is -2.01. The fourth-order valence-electron chi connectivity index (χ4n) is 1.78. The Labute approximate surface area is 124 Å².